The smallest absolute Gasteiger partial charge is 0.256 e. The summed E-state index contributed by atoms with van der Waals surface area (Å²) in [5.41, 5.74) is 0.387. The Morgan fingerprint density at radius 1 is 1.16 bits per heavy atom. The summed E-state index contributed by atoms with van der Waals surface area (Å²) in [6.07, 6.45) is 3.57. The first kappa shape index (κ1) is 22.7. The van der Waals surface area contributed by atoms with Crippen molar-refractivity contribution in [3.63, 3.8) is 0 Å². The lowest BCUT2D eigenvalue weighted by molar-refractivity contribution is -0.135. The van der Waals surface area contributed by atoms with Gasteiger partial charge < -0.3 is 15.0 Å². The Kier molecular flexibility index (Phi) is 6.26. The van der Waals surface area contributed by atoms with E-state index < -0.39 is 5.54 Å². The van der Waals surface area contributed by atoms with E-state index in [1.807, 2.05) is 74.2 Å². The Morgan fingerprint density at radius 3 is 2.56 bits per heavy atom. The van der Waals surface area contributed by atoms with Crippen LogP contribution in [0.15, 0.2) is 53.4 Å². The average molecular weight is 453 g/mol. The van der Waals surface area contributed by atoms with Crippen molar-refractivity contribution in [2.24, 2.45) is 0 Å². The minimum absolute atomic E-state index is 0.00412. The van der Waals surface area contributed by atoms with Crippen LogP contribution in [0, 0.1) is 0 Å². The highest BCUT2D eigenvalue weighted by Gasteiger charge is 2.55. The van der Waals surface area contributed by atoms with Gasteiger partial charge in [0.1, 0.15) is 11.3 Å². The molecule has 1 fully saturated rings. The van der Waals surface area contributed by atoms with Gasteiger partial charge in [0.15, 0.2) is 0 Å². The average Bonchev–Trinajstić information content (AvgIpc) is 2.87. The van der Waals surface area contributed by atoms with Gasteiger partial charge in [-0.25, -0.2) is 0 Å². The molecule has 1 heterocycles. The van der Waals surface area contributed by atoms with Crippen molar-refractivity contribution in [2.75, 3.05) is 7.11 Å². The summed E-state index contributed by atoms with van der Waals surface area (Å²) in [7, 11) is 1.64. The van der Waals surface area contributed by atoms with Gasteiger partial charge in [-0.15, -0.1) is 11.8 Å². The van der Waals surface area contributed by atoms with Crippen molar-refractivity contribution in [3.05, 3.63) is 59.7 Å². The first-order valence-electron chi connectivity index (χ1n) is 11.3. The summed E-state index contributed by atoms with van der Waals surface area (Å²) < 4.78 is 5.30. The summed E-state index contributed by atoms with van der Waals surface area (Å²) >= 11 is 1.70. The van der Waals surface area contributed by atoms with E-state index in [4.69, 9.17) is 4.74 Å². The Bertz CT molecular complexity index is 999. The summed E-state index contributed by atoms with van der Waals surface area (Å²) in [5.74, 6) is 0.654. The van der Waals surface area contributed by atoms with Crippen molar-refractivity contribution in [1.82, 2.24) is 10.2 Å². The number of thioether (sulfide) groups is 1. The number of fused-ring (bicyclic) bond motifs is 2. The molecule has 5 nitrogen and oxygen atoms in total. The minimum Gasteiger partial charge on any atom is -0.497 e. The predicted molar refractivity (Wildman–Crippen MR) is 128 cm³/mol. The maximum atomic E-state index is 14.0. The first-order chi connectivity index (χ1) is 15.2. The molecule has 0 radical (unpaired) electrons. The number of carbonyl (C=O) groups excluding carboxylic acids is 2. The van der Waals surface area contributed by atoms with E-state index >= 15 is 0 Å². The minimum atomic E-state index is -0.897. The van der Waals surface area contributed by atoms with Crippen molar-refractivity contribution in [3.8, 4) is 5.75 Å². The molecule has 0 saturated heterocycles. The van der Waals surface area contributed by atoms with Gasteiger partial charge in [-0.05, 0) is 63.4 Å². The third-order valence-corrected chi connectivity index (χ3v) is 7.82. The molecule has 2 unspecified atom stereocenters. The number of hydrogen-bond acceptors (Lipinski definition) is 4. The molecule has 2 aromatic carbocycles. The number of rotatable bonds is 4. The van der Waals surface area contributed by atoms with Gasteiger partial charge in [-0.2, -0.15) is 0 Å². The lowest BCUT2D eigenvalue weighted by Crippen LogP contribution is -2.67. The molecule has 32 heavy (non-hydrogen) atoms. The van der Waals surface area contributed by atoms with E-state index in [9.17, 15) is 9.59 Å². The van der Waals surface area contributed by atoms with Crippen molar-refractivity contribution >= 4 is 23.6 Å². The molecular weight excluding hydrogens is 420 g/mol. The molecule has 2 amide bonds. The van der Waals surface area contributed by atoms with Gasteiger partial charge in [-0.1, -0.05) is 37.1 Å². The fraction of sp³-hybridized carbons (Fsp3) is 0.462. The topological polar surface area (TPSA) is 58.6 Å². The maximum Gasteiger partial charge on any atom is 0.256 e. The predicted octanol–water partition coefficient (Wildman–Crippen LogP) is 5.04. The zero-order valence-electron chi connectivity index (χ0n) is 19.3. The van der Waals surface area contributed by atoms with E-state index in [0.29, 0.717) is 18.5 Å². The number of benzene rings is 2. The van der Waals surface area contributed by atoms with Crippen LogP contribution in [0.2, 0.25) is 0 Å². The van der Waals surface area contributed by atoms with Crippen LogP contribution < -0.4 is 10.1 Å². The molecular formula is C26H32N2O3S. The largest absolute Gasteiger partial charge is 0.497 e. The molecule has 1 saturated carbocycles. The van der Waals surface area contributed by atoms with E-state index in [0.717, 1.165) is 35.5 Å². The first-order valence-corrected chi connectivity index (χ1v) is 12.2. The monoisotopic (exact) mass is 452 g/mol. The number of hydrogen-bond donors (Lipinski definition) is 1. The lowest BCUT2D eigenvalue weighted by atomic mass is 9.77. The molecule has 1 aliphatic carbocycles. The SMILES string of the molecule is COc1ccc(CN2C(=O)c3ccccc3SC3CCCCC32C(=O)NC(C)(C)C)cc1. The van der Waals surface area contributed by atoms with Crippen LogP contribution in [0.3, 0.4) is 0 Å². The van der Waals surface area contributed by atoms with E-state index in [1.54, 1.807) is 18.9 Å². The van der Waals surface area contributed by atoms with E-state index in [-0.39, 0.29) is 22.6 Å². The summed E-state index contributed by atoms with van der Waals surface area (Å²) in [4.78, 5) is 30.8. The molecule has 2 aliphatic rings. The highest BCUT2D eigenvalue weighted by Crippen LogP contribution is 2.48. The molecule has 0 spiro atoms. The normalized spacial score (nSPS) is 23.1. The number of ether oxygens (including phenoxy) is 1. The maximum absolute atomic E-state index is 14.0. The third-order valence-electron chi connectivity index (χ3n) is 6.30. The van der Waals surface area contributed by atoms with Crippen LogP contribution in [-0.4, -0.2) is 40.2 Å². The molecule has 6 heteroatoms. The molecule has 1 aliphatic heterocycles. The number of methoxy groups -OCH3 is 1. The Morgan fingerprint density at radius 2 is 1.88 bits per heavy atom. The number of carbonyl (C=O) groups is 2. The van der Waals surface area contributed by atoms with Gasteiger partial charge in [0.05, 0.1) is 12.7 Å². The van der Waals surface area contributed by atoms with Crippen LogP contribution in [0.25, 0.3) is 0 Å². The van der Waals surface area contributed by atoms with Crippen molar-refractivity contribution in [2.45, 2.75) is 74.2 Å². The second-order valence-corrected chi connectivity index (χ2v) is 11.0. The van der Waals surface area contributed by atoms with Gasteiger partial charge in [-0.3, -0.25) is 9.59 Å². The molecule has 170 valence electrons. The molecule has 0 aromatic heterocycles. The molecule has 2 atom stereocenters. The summed E-state index contributed by atoms with van der Waals surface area (Å²) in [6.45, 7) is 6.36. The van der Waals surface area contributed by atoms with Gasteiger partial charge in [0.25, 0.3) is 5.91 Å². The van der Waals surface area contributed by atoms with Crippen molar-refractivity contribution < 1.29 is 14.3 Å². The van der Waals surface area contributed by atoms with Crippen molar-refractivity contribution in [1.29, 1.82) is 0 Å². The second-order valence-electron chi connectivity index (χ2n) is 9.72. The van der Waals surface area contributed by atoms with Crippen LogP contribution in [0.1, 0.15) is 62.4 Å². The van der Waals surface area contributed by atoms with E-state index in [1.165, 1.54) is 0 Å². The Hall–Kier alpha value is -2.47. The molecule has 2 aromatic rings. The van der Waals surface area contributed by atoms with Gasteiger partial charge in [0, 0.05) is 22.2 Å². The zero-order chi connectivity index (χ0) is 22.9. The summed E-state index contributed by atoms with van der Waals surface area (Å²) in [5, 5.41) is 3.23. The lowest BCUT2D eigenvalue weighted by Gasteiger charge is -2.49. The van der Waals surface area contributed by atoms with Crippen LogP contribution in [0.5, 0.6) is 5.75 Å². The Labute approximate surface area is 194 Å². The third kappa shape index (κ3) is 4.25. The quantitative estimate of drug-likeness (QED) is 0.706. The molecule has 1 N–H and O–H groups in total. The second kappa shape index (κ2) is 8.81. The highest BCUT2D eigenvalue weighted by molar-refractivity contribution is 8.00. The van der Waals surface area contributed by atoms with E-state index in [2.05, 4.69) is 5.32 Å². The van der Waals surface area contributed by atoms with Gasteiger partial charge >= 0.3 is 0 Å². The zero-order valence-corrected chi connectivity index (χ0v) is 20.1. The summed E-state index contributed by atoms with van der Waals surface area (Å²) in [6, 6.07) is 15.5. The standard InChI is InChI=1S/C26H32N2O3S/c1-25(2,3)27-24(30)26-16-8-7-11-22(26)32-21-10-6-5-9-20(21)23(29)28(26)17-18-12-14-19(31-4)15-13-18/h5-6,9-10,12-15,22H,7-8,11,16-17H2,1-4H3,(H,27,30). The van der Waals surface area contributed by atoms with Crippen LogP contribution in [0.4, 0.5) is 0 Å². The molecule has 0 bridgehead atoms. The number of amides is 2. The number of nitrogens with one attached hydrogen (secondary N) is 1. The highest BCUT2D eigenvalue weighted by atomic mass is 32.2. The van der Waals surface area contributed by atoms with Crippen LogP contribution in [-0.2, 0) is 11.3 Å². The number of nitrogens with zero attached hydrogens (tertiary/aromatic N) is 1. The van der Waals surface area contributed by atoms with Gasteiger partial charge in [0.2, 0.25) is 5.91 Å². The molecule has 4 rings (SSSR count). The Balaban J connectivity index is 1.84. The fourth-order valence-corrected chi connectivity index (χ4v) is 6.35. The van der Waals surface area contributed by atoms with Crippen LogP contribution >= 0.6 is 11.8 Å². The fourth-order valence-electron chi connectivity index (χ4n) is 4.77.